The van der Waals surface area contributed by atoms with Crippen LogP contribution in [0.15, 0.2) is 0 Å². The van der Waals surface area contributed by atoms with E-state index >= 15 is 0 Å². The molecular weight excluding hydrogens is 233 g/mol. The number of amides is 1. The molecule has 94 valence electrons. The first kappa shape index (κ1) is 13.2. The van der Waals surface area contributed by atoms with Crippen molar-refractivity contribution in [2.24, 2.45) is 5.92 Å². The standard InChI is InChI=1S/C9H12F5NO/c10-8(11,9(12,13)14)7(16)15-5-4-6-2-1-3-6/h6H,1-5H2,(H,15,16). The highest BCUT2D eigenvalue weighted by Gasteiger charge is 2.63. The molecule has 0 saturated heterocycles. The molecule has 1 saturated carbocycles. The third kappa shape index (κ3) is 2.82. The van der Waals surface area contributed by atoms with Crippen LogP contribution in [-0.4, -0.2) is 24.6 Å². The molecule has 2 nitrogen and oxygen atoms in total. The second-order valence-corrected chi connectivity index (χ2v) is 3.91. The summed E-state index contributed by atoms with van der Waals surface area (Å²) in [5, 5.41) is 1.62. The Bertz CT molecular complexity index is 259. The fraction of sp³-hybridized carbons (Fsp3) is 0.889. The van der Waals surface area contributed by atoms with E-state index in [1.54, 1.807) is 5.32 Å². The number of rotatable bonds is 4. The van der Waals surface area contributed by atoms with Gasteiger partial charge in [0.1, 0.15) is 0 Å². The minimum Gasteiger partial charge on any atom is -0.351 e. The maximum absolute atomic E-state index is 12.4. The Morgan fingerprint density at radius 2 is 1.75 bits per heavy atom. The van der Waals surface area contributed by atoms with Crippen molar-refractivity contribution in [1.29, 1.82) is 0 Å². The summed E-state index contributed by atoms with van der Waals surface area (Å²) < 4.78 is 60.0. The molecule has 1 aliphatic carbocycles. The van der Waals surface area contributed by atoms with Crippen molar-refractivity contribution in [2.45, 2.75) is 37.8 Å². The predicted octanol–water partition coefficient (Wildman–Crippen LogP) is 2.49. The largest absolute Gasteiger partial charge is 0.463 e. The van der Waals surface area contributed by atoms with Crippen LogP contribution in [0.25, 0.3) is 0 Å². The lowest BCUT2D eigenvalue weighted by molar-refractivity contribution is -0.269. The lowest BCUT2D eigenvalue weighted by atomic mass is 9.83. The molecule has 0 radical (unpaired) electrons. The van der Waals surface area contributed by atoms with Gasteiger partial charge in [-0.1, -0.05) is 19.3 Å². The van der Waals surface area contributed by atoms with Crippen LogP contribution in [0.3, 0.4) is 0 Å². The smallest absolute Gasteiger partial charge is 0.351 e. The van der Waals surface area contributed by atoms with E-state index in [1.165, 1.54) is 0 Å². The average Bonchev–Trinajstić information content (AvgIpc) is 2.06. The molecule has 0 unspecified atom stereocenters. The Kier molecular flexibility index (Phi) is 3.75. The molecule has 16 heavy (non-hydrogen) atoms. The van der Waals surface area contributed by atoms with Gasteiger partial charge in [0.15, 0.2) is 0 Å². The van der Waals surface area contributed by atoms with Crippen LogP contribution in [0, 0.1) is 5.92 Å². The van der Waals surface area contributed by atoms with Crippen molar-refractivity contribution >= 4 is 5.91 Å². The van der Waals surface area contributed by atoms with Gasteiger partial charge in [-0.3, -0.25) is 4.79 Å². The van der Waals surface area contributed by atoms with Gasteiger partial charge < -0.3 is 5.32 Å². The van der Waals surface area contributed by atoms with Gasteiger partial charge in [-0.05, 0) is 12.3 Å². The van der Waals surface area contributed by atoms with Gasteiger partial charge in [0, 0.05) is 6.54 Å². The summed E-state index contributed by atoms with van der Waals surface area (Å²) in [6, 6.07) is 0. The normalized spacial score (nSPS) is 18.1. The van der Waals surface area contributed by atoms with Crippen LogP contribution in [0.2, 0.25) is 0 Å². The van der Waals surface area contributed by atoms with Gasteiger partial charge in [0.05, 0.1) is 0 Å². The Morgan fingerprint density at radius 1 is 1.19 bits per heavy atom. The first-order valence-electron chi connectivity index (χ1n) is 4.98. The summed E-state index contributed by atoms with van der Waals surface area (Å²) in [6.07, 6.45) is -2.42. The highest BCUT2D eigenvalue weighted by Crippen LogP contribution is 2.35. The van der Waals surface area contributed by atoms with Gasteiger partial charge in [-0.15, -0.1) is 0 Å². The fourth-order valence-corrected chi connectivity index (χ4v) is 1.41. The Labute approximate surface area is 89.2 Å². The molecule has 0 bridgehead atoms. The van der Waals surface area contributed by atoms with Crippen molar-refractivity contribution in [3.8, 4) is 0 Å². The summed E-state index contributed by atoms with van der Waals surface area (Å²) in [5.74, 6) is -7.22. The summed E-state index contributed by atoms with van der Waals surface area (Å²) in [4.78, 5) is 10.6. The molecule has 0 aromatic rings. The van der Waals surface area contributed by atoms with E-state index in [9.17, 15) is 26.7 Å². The van der Waals surface area contributed by atoms with Crippen molar-refractivity contribution in [1.82, 2.24) is 5.32 Å². The van der Waals surface area contributed by atoms with Crippen LogP contribution < -0.4 is 5.32 Å². The van der Waals surface area contributed by atoms with Crippen LogP contribution in [0.4, 0.5) is 22.0 Å². The number of nitrogens with one attached hydrogen (secondary N) is 1. The molecule has 0 heterocycles. The minimum absolute atomic E-state index is 0.130. The number of alkyl halides is 5. The van der Waals surface area contributed by atoms with Crippen molar-refractivity contribution in [3.63, 3.8) is 0 Å². The van der Waals surface area contributed by atoms with E-state index < -0.39 is 18.0 Å². The maximum atomic E-state index is 12.4. The molecule has 1 N–H and O–H groups in total. The molecule has 0 aliphatic heterocycles. The zero-order valence-corrected chi connectivity index (χ0v) is 8.41. The SMILES string of the molecule is O=C(NCCC1CCC1)C(F)(F)C(F)(F)F. The lowest BCUT2D eigenvalue weighted by Gasteiger charge is -2.25. The lowest BCUT2D eigenvalue weighted by Crippen LogP contribution is -2.50. The van der Waals surface area contributed by atoms with E-state index in [4.69, 9.17) is 0 Å². The van der Waals surface area contributed by atoms with Gasteiger partial charge >= 0.3 is 12.1 Å². The second kappa shape index (κ2) is 4.55. The molecule has 0 spiro atoms. The number of hydrogen-bond donors (Lipinski definition) is 1. The molecule has 0 atom stereocenters. The first-order valence-corrected chi connectivity index (χ1v) is 4.98. The van der Waals surface area contributed by atoms with Crippen LogP contribution in [0.1, 0.15) is 25.7 Å². The van der Waals surface area contributed by atoms with E-state index in [-0.39, 0.29) is 6.54 Å². The topological polar surface area (TPSA) is 29.1 Å². The van der Waals surface area contributed by atoms with Gasteiger partial charge in [0.2, 0.25) is 0 Å². The summed E-state index contributed by atoms with van der Waals surface area (Å²) >= 11 is 0. The molecule has 1 rings (SSSR count). The molecule has 0 aromatic heterocycles. The number of carbonyl (C=O) groups is 1. The number of hydrogen-bond acceptors (Lipinski definition) is 1. The van der Waals surface area contributed by atoms with Crippen molar-refractivity contribution < 1.29 is 26.7 Å². The Morgan fingerprint density at radius 3 is 2.12 bits per heavy atom. The molecule has 1 fully saturated rings. The van der Waals surface area contributed by atoms with E-state index in [0.29, 0.717) is 12.3 Å². The van der Waals surface area contributed by atoms with Gasteiger partial charge in [-0.25, -0.2) is 0 Å². The maximum Gasteiger partial charge on any atom is 0.463 e. The minimum atomic E-state index is -5.83. The molecule has 7 heteroatoms. The quantitative estimate of drug-likeness (QED) is 0.757. The van der Waals surface area contributed by atoms with Gasteiger partial charge in [0.25, 0.3) is 5.91 Å². The average molecular weight is 245 g/mol. The van der Waals surface area contributed by atoms with Crippen LogP contribution in [0.5, 0.6) is 0 Å². The fourth-order valence-electron chi connectivity index (χ4n) is 1.41. The summed E-state index contributed by atoms with van der Waals surface area (Å²) in [5.41, 5.74) is 0. The van der Waals surface area contributed by atoms with Crippen LogP contribution >= 0.6 is 0 Å². The zero-order valence-electron chi connectivity index (χ0n) is 8.41. The van der Waals surface area contributed by atoms with Crippen molar-refractivity contribution in [3.05, 3.63) is 0 Å². The monoisotopic (exact) mass is 245 g/mol. The molecular formula is C9H12F5NO. The second-order valence-electron chi connectivity index (χ2n) is 3.91. The zero-order chi connectivity index (χ0) is 12.4. The highest BCUT2D eigenvalue weighted by molar-refractivity contribution is 5.84. The summed E-state index contributed by atoms with van der Waals surface area (Å²) in [7, 11) is 0. The summed E-state index contributed by atoms with van der Waals surface area (Å²) in [6.45, 7) is -0.130. The van der Waals surface area contributed by atoms with E-state index in [1.807, 2.05) is 0 Å². The molecule has 1 amide bonds. The molecule has 0 aromatic carbocycles. The predicted molar refractivity (Wildman–Crippen MR) is 46.0 cm³/mol. The highest BCUT2D eigenvalue weighted by atomic mass is 19.4. The first-order chi connectivity index (χ1) is 7.25. The Balaban J connectivity index is 2.33. The number of carbonyl (C=O) groups excluding carboxylic acids is 1. The van der Waals surface area contributed by atoms with E-state index in [2.05, 4.69) is 0 Å². The van der Waals surface area contributed by atoms with Crippen molar-refractivity contribution in [2.75, 3.05) is 6.54 Å². The third-order valence-electron chi connectivity index (χ3n) is 2.70. The Hall–Kier alpha value is -0.880. The van der Waals surface area contributed by atoms with Crippen LogP contribution in [-0.2, 0) is 4.79 Å². The van der Waals surface area contributed by atoms with E-state index in [0.717, 1.165) is 19.3 Å². The molecule has 1 aliphatic rings. The van der Waals surface area contributed by atoms with Gasteiger partial charge in [-0.2, -0.15) is 22.0 Å². The third-order valence-corrected chi connectivity index (χ3v) is 2.70. The number of halogens is 5.